The fraction of sp³-hybridized carbons (Fsp3) is 0.943. The maximum absolute atomic E-state index is 11.0. The third-order valence-electron chi connectivity index (χ3n) is 14.5. The van der Waals surface area contributed by atoms with Gasteiger partial charge in [-0.25, -0.2) is 0 Å². The number of hydrogen-bond donors (Lipinski definition) is 4. The van der Waals surface area contributed by atoms with Crippen LogP contribution < -0.4 is 0 Å². The van der Waals surface area contributed by atoms with E-state index in [1.54, 1.807) is 5.57 Å². The Balaban J connectivity index is 1.25. The van der Waals surface area contributed by atoms with Gasteiger partial charge < -0.3 is 29.9 Å². The van der Waals surface area contributed by atoms with Crippen LogP contribution in [0.1, 0.15) is 113 Å². The molecular formula is C35H58O6. The van der Waals surface area contributed by atoms with E-state index in [1.807, 2.05) is 0 Å². The van der Waals surface area contributed by atoms with Gasteiger partial charge in [0.1, 0.15) is 18.3 Å². The summed E-state index contributed by atoms with van der Waals surface area (Å²) in [5, 5.41) is 41.7. The molecule has 0 bridgehead atoms. The van der Waals surface area contributed by atoms with E-state index in [0.29, 0.717) is 23.7 Å². The minimum Gasteiger partial charge on any atom is -0.393 e. The molecule has 1 aliphatic heterocycles. The molecule has 4 saturated carbocycles. The van der Waals surface area contributed by atoms with Crippen molar-refractivity contribution >= 4 is 0 Å². The quantitative estimate of drug-likeness (QED) is 0.253. The fourth-order valence-electron chi connectivity index (χ4n) is 12.2. The van der Waals surface area contributed by atoms with Crippen LogP contribution in [-0.4, -0.2) is 63.8 Å². The number of ether oxygens (including phenoxy) is 2. The van der Waals surface area contributed by atoms with Crippen molar-refractivity contribution in [3.8, 4) is 0 Å². The fourth-order valence-corrected chi connectivity index (χ4v) is 12.2. The molecule has 4 N–H and O–H groups in total. The number of aliphatic hydroxyl groups is 4. The number of rotatable bonds is 2. The average Bonchev–Trinajstić information content (AvgIpc) is 3.05. The van der Waals surface area contributed by atoms with Crippen LogP contribution in [0.15, 0.2) is 11.6 Å². The number of hydrogen-bond acceptors (Lipinski definition) is 6. The van der Waals surface area contributed by atoms with E-state index in [1.165, 1.54) is 38.5 Å². The van der Waals surface area contributed by atoms with E-state index in [9.17, 15) is 20.4 Å². The van der Waals surface area contributed by atoms with Gasteiger partial charge in [0.15, 0.2) is 6.29 Å². The minimum absolute atomic E-state index is 0.0231. The van der Waals surface area contributed by atoms with Gasteiger partial charge in [-0.1, -0.05) is 60.1 Å². The second-order valence-electron chi connectivity index (χ2n) is 17.2. The summed E-state index contributed by atoms with van der Waals surface area (Å²) < 4.78 is 12.1. The zero-order valence-corrected chi connectivity index (χ0v) is 26.7. The summed E-state index contributed by atoms with van der Waals surface area (Å²) in [5.74, 6) is 2.30. The van der Waals surface area contributed by atoms with E-state index < -0.39 is 24.6 Å². The molecular weight excluding hydrogens is 516 g/mol. The SMILES string of the molecule is CC1(C)C(O)CC[C@]2(C)[C@H]3CC[C@@H]4[C@@]5(C)CC[C@H](O[C@@H]6OC[C@H](O)[C@H](O)[C@H]6O)C(C)(C)[C@@H]5CC[C@@]4(C)C=C3CC[C@@H]12. The molecule has 6 aliphatic rings. The van der Waals surface area contributed by atoms with Crippen LogP contribution in [0.5, 0.6) is 0 Å². The van der Waals surface area contributed by atoms with Gasteiger partial charge in [-0.15, -0.1) is 0 Å². The first kappa shape index (κ1) is 30.5. The summed E-state index contributed by atoms with van der Waals surface area (Å²) >= 11 is 0. The highest BCUT2D eigenvalue weighted by Gasteiger charge is 2.63. The summed E-state index contributed by atoms with van der Waals surface area (Å²) in [4.78, 5) is 0. The van der Waals surface area contributed by atoms with Gasteiger partial charge in [0, 0.05) is 0 Å². The molecule has 1 unspecified atom stereocenters. The largest absolute Gasteiger partial charge is 0.393 e. The molecule has 0 radical (unpaired) electrons. The maximum Gasteiger partial charge on any atom is 0.186 e. The summed E-state index contributed by atoms with van der Waals surface area (Å²) in [6.07, 6.45) is 9.37. The molecule has 5 fully saturated rings. The Morgan fingerprint density at radius 3 is 2.12 bits per heavy atom. The van der Waals surface area contributed by atoms with Gasteiger partial charge in [0.2, 0.25) is 0 Å². The monoisotopic (exact) mass is 574 g/mol. The first-order valence-electron chi connectivity index (χ1n) is 16.8. The highest BCUT2D eigenvalue weighted by Crippen LogP contribution is 2.69. The lowest BCUT2D eigenvalue weighted by Crippen LogP contribution is -2.61. The molecule has 6 nitrogen and oxygen atoms in total. The molecule has 1 saturated heterocycles. The Morgan fingerprint density at radius 1 is 0.707 bits per heavy atom. The topological polar surface area (TPSA) is 99.4 Å². The standard InChI is InChI=1S/C35H58O6/c1-31(2)23-10-8-20-18-33(5)15-12-24-32(3,4)27(41-30-29(39)28(38)22(36)19-40-30)14-17-35(24,7)25(33)11-9-21(20)34(23,6)16-13-26(31)37/h18,21-30,36-39H,8-17,19H2,1-7H3/t21-,22-,23-,24-,25-,26?,27-,28-,29+,30-,33-,34+,35-/m0/s1. The van der Waals surface area contributed by atoms with Crippen molar-refractivity contribution in [3.63, 3.8) is 0 Å². The zero-order chi connectivity index (χ0) is 29.8. The van der Waals surface area contributed by atoms with Gasteiger partial charge in [0.05, 0.1) is 18.8 Å². The molecule has 41 heavy (non-hydrogen) atoms. The summed E-state index contributed by atoms with van der Waals surface area (Å²) in [5.41, 5.74) is 2.26. The molecule has 13 atom stereocenters. The van der Waals surface area contributed by atoms with E-state index in [4.69, 9.17) is 9.47 Å². The Bertz CT molecular complexity index is 1040. The van der Waals surface area contributed by atoms with E-state index in [-0.39, 0.29) is 45.9 Å². The van der Waals surface area contributed by atoms with Crippen LogP contribution in [-0.2, 0) is 9.47 Å². The zero-order valence-electron chi connectivity index (χ0n) is 26.7. The number of allylic oxidation sites excluding steroid dienone is 2. The summed E-state index contributed by atoms with van der Waals surface area (Å²) in [7, 11) is 0. The van der Waals surface area contributed by atoms with Gasteiger partial charge in [-0.2, -0.15) is 0 Å². The van der Waals surface area contributed by atoms with Crippen LogP contribution in [0.3, 0.4) is 0 Å². The van der Waals surface area contributed by atoms with Crippen LogP contribution in [0, 0.1) is 50.7 Å². The highest BCUT2D eigenvalue weighted by molar-refractivity contribution is 5.26. The molecule has 0 spiro atoms. The van der Waals surface area contributed by atoms with E-state index >= 15 is 0 Å². The molecule has 234 valence electrons. The lowest BCUT2D eigenvalue weighted by Gasteiger charge is -2.64. The third kappa shape index (κ3) is 4.47. The van der Waals surface area contributed by atoms with Crippen LogP contribution >= 0.6 is 0 Å². The Labute approximate surface area is 248 Å². The first-order valence-corrected chi connectivity index (χ1v) is 16.8. The summed E-state index contributed by atoms with van der Waals surface area (Å²) in [6, 6.07) is 0. The lowest BCUT2D eigenvalue weighted by atomic mass is 9.42. The van der Waals surface area contributed by atoms with Crippen molar-refractivity contribution < 1.29 is 29.9 Å². The number of aliphatic hydroxyl groups excluding tert-OH is 4. The van der Waals surface area contributed by atoms with E-state index in [0.717, 1.165) is 25.7 Å². The second kappa shape index (κ2) is 10.0. The van der Waals surface area contributed by atoms with E-state index in [2.05, 4.69) is 54.5 Å². The lowest BCUT2D eigenvalue weighted by molar-refractivity contribution is -0.306. The molecule has 0 aromatic heterocycles. The molecule has 0 aromatic rings. The van der Waals surface area contributed by atoms with Crippen molar-refractivity contribution in [3.05, 3.63) is 11.6 Å². The molecule has 6 heteroatoms. The van der Waals surface area contributed by atoms with Crippen molar-refractivity contribution in [2.75, 3.05) is 6.61 Å². The van der Waals surface area contributed by atoms with Crippen molar-refractivity contribution in [1.82, 2.24) is 0 Å². The van der Waals surface area contributed by atoms with Crippen LogP contribution in [0.4, 0.5) is 0 Å². The predicted molar refractivity (Wildman–Crippen MR) is 159 cm³/mol. The first-order chi connectivity index (χ1) is 19.1. The Morgan fingerprint density at radius 2 is 1.39 bits per heavy atom. The van der Waals surface area contributed by atoms with Gasteiger partial charge in [0.25, 0.3) is 0 Å². The van der Waals surface area contributed by atoms with Crippen molar-refractivity contribution in [1.29, 1.82) is 0 Å². The predicted octanol–water partition coefficient (Wildman–Crippen LogP) is 5.60. The molecule has 6 rings (SSSR count). The minimum atomic E-state index is -1.25. The van der Waals surface area contributed by atoms with Crippen LogP contribution in [0.25, 0.3) is 0 Å². The number of fused-ring (bicyclic) bond motifs is 6. The average molecular weight is 575 g/mol. The van der Waals surface area contributed by atoms with Crippen molar-refractivity contribution in [2.45, 2.75) is 149 Å². The Kier molecular flexibility index (Phi) is 7.45. The molecule has 1 heterocycles. The molecule has 0 aromatic carbocycles. The van der Waals surface area contributed by atoms with Gasteiger partial charge >= 0.3 is 0 Å². The normalized spacial score (nSPS) is 54.5. The van der Waals surface area contributed by atoms with Crippen molar-refractivity contribution in [2.24, 2.45) is 50.7 Å². The smallest absolute Gasteiger partial charge is 0.186 e. The van der Waals surface area contributed by atoms with Gasteiger partial charge in [-0.3, -0.25) is 0 Å². The molecule has 0 amide bonds. The second-order valence-corrected chi connectivity index (χ2v) is 17.2. The maximum atomic E-state index is 11.0. The summed E-state index contributed by atoms with van der Waals surface area (Å²) in [6.45, 7) is 17.0. The van der Waals surface area contributed by atoms with Gasteiger partial charge in [-0.05, 0) is 115 Å². The Hall–Kier alpha value is -0.500. The third-order valence-corrected chi connectivity index (χ3v) is 14.5. The van der Waals surface area contributed by atoms with Crippen LogP contribution in [0.2, 0.25) is 0 Å². The molecule has 5 aliphatic carbocycles. The highest BCUT2D eigenvalue weighted by atomic mass is 16.7.